The lowest BCUT2D eigenvalue weighted by molar-refractivity contribution is -0.140. The van der Waals surface area contributed by atoms with Crippen LogP contribution in [-0.4, -0.2) is 31.3 Å². The molecule has 0 amide bonds. The van der Waals surface area contributed by atoms with E-state index in [0.717, 1.165) is 13.5 Å². The van der Waals surface area contributed by atoms with Crippen molar-refractivity contribution in [2.75, 3.05) is 7.11 Å². The zero-order valence-corrected chi connectivity index (χ0v) is 8.46. The van der Waals surface area contributed by atoms with Gasteiger partial charge in [0, 0.05) is 0 Å². The van der Waals surface area contributed by atoms with Crippen LogP contribution in [0.2, 0.25) is 0 Å². The summed E-state index contributed by atoms with van der Waals surface area (Å²) in [6, 6.07) is 0. The molecule has 0 aromatic rings. The summed E-state index contributed by atoms with van der Waals surface area (Å²) in [5.41, 5.74) is 0. The van der Waals surface area contributed by atoms with E-state index in [2.05, 4.69) is 4.74 Å². The van der Waals surface area contributed by atoms with Crippen LogP contribution in [0.5, 0.6) is 0 Å². The zero-order chi connectivity index (χ0) is 10.5. The summed E-state index contributed by atoms with van der Waals surface area (Å²) < 4.78 is 36.0. The highest BCUT2D eigenvalue weighted by Gasteiger charge is 2.25. The summed E-state index contributed by atoms with van der Waals surface area (Å²) >= 11 is 0. The Labute approximate surface area is 77.8 Å². The Morgan fingerprint density at radius 3 is 2.38 bits per heavy atom. The average molecular weight is 209 g/mol. The number of esters is 1. The van der Waals surface area contributed by atoms with Gasteiger partial charge < -0.3 is 9.29 Å². The minimum absolute atomic E-state index is 0.0367. The van der Waals surface area contributed by atoms with E-state index in [9.17, 15) is 17.8 Å². The van der Waals surface area contributed by atoms with E-state index in [4.69, 9.17) is 0 Å². The molecule has 0 aromatic carbocycles. The Kier molecular flexibility index (Phi) is 4.94. The van der Waals surface area contributed by atoms with Gasteiger partial charge in [0.1, 0.15) is 15.4 Å². The van der Waals surface area contributed by atoms with Gasteiger partial charge in [-0.25, -0.2) is 8.42 Å². The van der Waals surface area contributed by atoms with E-state index >= 15 is 0 Å². The molecule has 0 aromatic heterocycles. The van der Waals surface area contributed by atoms with Crippen molar-refractivity contribution in [2.24, 2.45) is 0 Å². The van der Waals surface area contributed by atoms with E-state index in [1.165, 1.54) is 0 Å². The lowest BCUT2D eigenvalue weighted by Crippen LogP contribution is -2.31. The Morgan fingerprint density at radius 1 is 1.54 bits per heavy atom. The van der Waals surface area contributed by atoms with Crippen molar-refractivity contribution in [1.29, 1.82) is 0 Å². The van der Waals surface area contributed by atoms with Gasteiger partial charge in [0.15, 0.2) is 0 Å². The lowest BCUT2D eigenvalue weighted by atomic mass is 10.2. The predicted molar refractivity (Wildman–Crippen MR) is 45.0 cm³/mol. The zero-order valence-electron chi connectivity index (χ0n) is 7.65. The van der Waals surface area contributed by atoms with Gasteiger partial charge in [0.2, 0.25) is 0 Å². The first-order chi connectivity index (χ1) is 5.93. The van der Waals surface area contributed by atoms with Crippen LogP contribution < -0.4 is 0 Å². The molecule has 0 bridgehead atoms. The highest BCUT2D eigenvalue weighted by Crippen LogP contribution is 2.10. The predicted octanol–water partition coefficient (Wildman–Crippen LogP) is 0.263. The molecule has 5 nitrogen and oxygen atoms in total. The molecule has 0 saturated carbocycles. The first-order valence-electron chi connectivity index (χ1n) is 3.96. The number of ether oxygens (including phenoxy) is 1. The molecule has 0 fully saturated rings. The van der Waals surface area contributed by atoms with Gasteiger partial charge in [-0.05, 0) is 6.42 Å². The van der Waals surface area contributed by atoms with Crippen molar-refractivity contribution in [3.63, 3.8) is 0 Å². The lowest BCUT2D eigenvalue weighted by Gasteiger charge is -2.17. The van der Waals surface area contributed by atoms with E-state index in [1.807, 2.05) is 6.92 Å². The summed E-state index contributed by atoms with van der Waals surface area (Å²) in [4.78, 5) is 10.9. The van der Waals surface area contributed by atoms with Crippen LogP contribution in [0.25, 0.3) is 0 Å². The van der Waals surface area contributed by atoms with Gasteiger partial charge in [-0.1, -0.05) is 19.8 Å². The maximum absolute atomic E-state index is 10.9. The second-order valence-electron chi connectivity index (χ2n) is 2.65. The molecule has 0 rings (SSSR count). The maximum atomic E-state index is 10.9. The van der Waals surface area contributed by atoms with E-state index < -0.39 is 21.3 Å². The van der Waals surface area contributed by atoms with E-state index in [0.29, 0.717) is 6.42 Å². The SMILES string of the molecule is CCCC[C@@H](C(=O)OC)S(=O)(=O)[O-]. The van der Waals surface area contributed by atoms with E-state index in [-0.39, 0.29) is 6.42 Å². The smallest absolute Gasteiger partial charge is 0.322 e. The number of hydrogen-bond donors (Lipinski definition) is 0. The van der Waals surface area contributed by atoms with Crippen molar-refractivity contribution in [3.8, 4) is 0 Å². The van der Waals surface area contributed by atoms with Crippen LogP contribution in [0.15, 0.2) is 0 Å². The van der Waals surface area contributed by atoms with Crippen LogP contribution in [0.1, 0.15) is 26.2 Å². The van der Waals surface area contributed by atoms with Crippen LogP contribution in [0, 0.1) is 0 Å². The van der Waals surface area contributed by atoms with Crippen molar-refractivity contribution in [3.05, 3.63) is 0 Å². The van der Waals surface area contributed by atoms with Gasteiger partial charge in [-0.3, -0.25) is 4.79 Å². The summed E-state index contributed by atoms with van der Waals surface area (Å²) in [5, 5.41) is -1.54. The first-order valence-corrected chi connectivity index (χ1v) is 5.43. The Morgan fingerprint density at radius 2 is 2.08 bits per heavy atom. The van der Waals surface area contributed by atoms with Crippen molar-refractivity contribution >= 4 is 16.1 Å². The van der Waals surface area contributed by atoms with Crippen molar-refractivity contribution in [1.82, 2.24) is 0 Å². The molecular weight excluding hydrogens is 196 g/mol. The summed E-state index contributed by atoms with van der Waals surface area (Å²) in [6.07, 6.45) is 1.28. The first kappa shape index (κ1) is 12.4. The minimum atomic E-state index is -4.57. The molecule has 0 aliphatic carbocycles. The van der Waals surface area contributed by atoms with Gasteiger partial charge >= 0.3 is 5.97 Å². The largest absolute Gasteiger partial charge is 0.747 e. The van der Waals surface area contributed by atoms with Crippen LogP contribution in [0.3, 0.4) is 0 Å². The molecule has 0 spiro atoms. The molecule has 0 N–H and O–H groups in total. The van der Waals surface area contributed by atoms with Crippen molar-refractivity contribution < 1.29 is 22.5 Å². The molecule has 13 heavy (non-hydrogen) atoms. The number of carbonyl (C=O) groups excluding carboxylic acids is 1. The fourth-order valence-electron chi connectivity index (χ4n) is 0.901. The van der Waals surface area contributed by atoms with Gasteiger partial charge in [0.05, 0.1) is 7.11 Å². The Hall–Kier alpha value is -0.620. The second-order valence-corrected chi connectivity index (χ2v) is 4.20. The fraction of sp³-hybridized carbons (Fsp3) is 0.857. The second kappa shape index (κ2) is 5.18. The third-order valence-corrected chi connectivity index (χ3v) is 2.76. The molecule has 0 saturated heterocycles. The minimum Gasteiger partial charge on any atom is -0.747 e. The molecule has 0 radical (unpaired) electrons. The van der Waals surface area contributed by atoms with Crippen molar-refractivity contribution in [2.45, 2.75) is 31.4 Å². The quantitative estimate of drug-likeness (QED) is 0.479. The number of hydrogen-bond acceptors (Lipinski definition) is 5. The Balaban J connectivity index is 4.47. The molecule has 0 unspecified atom stereocenters. The summed E-state index contributed by atoms with van der Waals surface area (Å²) in [6.45, 7) is 1.84. The van der Waals surface area contributed by atoms with Crippen LogP contribution in [0.4, 0.5) is 0 Å². The summed E-state index contributed by atoms with van der Waals surface area (Å²) in [7, 11) is -3.51. The monoisotopic (exact) mass is 209 g/mol. The van der Waals surface area contributed by atoms with Gasteiger partial charge in [-0.15, -0.1) is 0 Å². The standard InChI is InChI=1S/C7H14O5S/c1-3-4-5-6(7(8)12-2)13(9,10)11/h6H,3-5H2,1-2H3,(H,9,10,11)/p-1/t6-/m0/s1. The molecule has 0 aliphatic heterocycles. The maximum Gasteiger partial charge on any atom is 0.322 e. The average Bonchev–Trinajstić information content (AvgIpc) is 2.02. The molecular formula is C7H13O5S-. The number of carbonyl (C=O) groups is 1. The molecule has 78 valence electrons. The highest BCUT2D eigenvalue weighted by atomic mass is 32.2. The fourth-order valence-corrected chi connectivity index (χ4v) is 1.69. The third-order valence-electron chi connectivity index (χ3n) is 1.63. The molecule has 0 heterocycles. The topological polar surface area (TPSA) is 83.5 Å². The highest BCUT2D eigenvalue weighted by molar-refractivity contribution is 7.87. The normalized spacial score (nSPS) is 13.8. The third kappa shape index (κ3) is 4.23. The van der Waals surface area contributed by atoms with Crippen LogP contribution >= 0.6 is 0 Å². The van der Waals surface area contributed by atoms with E-state index in [1.54, 1.807) is 0 Å². The molecule has 1 atom stereocenters. The number of rotatable bonds is 5. The summed E-state index contributed by atoms with van der Waals surface area (Å²) in [5.74, 6) is -0.969. The molecule has 6 heteroatoms. The Bertz CT molecular complexity index is 256. The van der Waals surface area contributed by atoms with Crippen LogP contribution in [-0.2, 0) is 19.6 Å². The van der Waals surface area contributed by atoms with Gasteiger partial charge in [0.25, 0.3) is 0 Å². The molecule has 0 aliphatic rings. The van der Waals surface area contributed by atoms with Gasteiger partial charge in [-0.2, -0.15) is 0 Å². The number of unbranched alkanes of at least 4 members (excludes halogenated alkanes) is 1. The number of methoxy groups -OCH3 is 1.